The largest absolute Gasteiger partial charge is 0.450 e. The van der Waals surface area contributed by atoms with E-state index in [1.54, 1.807) is 11.8 Å². The van der Waals surface area contributed by atoms with Gasteiger partial charge in [0.05, 0.1) is 12.6 Å². The van der Waals surface area contributed by atoms with Gasteiger partial charge in [-0.05, 0) is 26.8 Å². The Kier molecular flexibility index (Phi) is 5.08. The van der Waals surface area contributed by atoms with Crippen molar-refractivity contribution in [2.75, 3.05) is 32.8 Å². The normalized spacial score (nSPS) is 16.8. The Bertz CT molecular complexity index is 775. The van der Waals surface area contributed by atoms with Crippen LogP contribution in [-0.4, -0.2) is 65.5 Å². The highest BCUT2D eigenvalue weighted by Gasteiger charge is 2.30. The van der Waals surface area contributed by atoms with Gasteiger partial charge >= 0.3 is 6.09 Å². The van der Waals surface area contributed by atoms with Crippen molar-refractivity contribution in [3.05, 3.63) is 35.5 Å². The average Bonchev–Trinajstić information content (AvgIpc) is 2.96. The fourth-order valence-electron chi connectivity index (χ4n) is 3.48. The molecule has 0 radical (unpaired) electrons. The molecule has 0 spiro atoms. The van der Waals surface area contributed by atoms with Crippen LogP contribution >= 0.6 is 0 Å². The summed E-state index contributed by atoms with van der Waals surface area (Å²) in [6.07, 6.45) is -0.270. The van der Waals surface area contributed by atoms with Gasteiger partial charge < -0.3 is 14.6 Å². The Labute approximate surface area is 147 Å². The second-order valence-corrected chi connectivity index (χ2v) is 6.43. The molecular weight excluding hydrogens is 318 g/mol. The minimum atomic E-state index is -0.270. The highest BCUT2D eigenvalue weighted by molar-refractivity contribution is 6.11. The van der Waals surface area contributed by atoms with Crippen molar-refractivity contribution < 1.29 is 14.3 Å². The van der Waals surface area contributed by atoms with E-state index in [1.807, 2.05) is 38.1 Å². The maximum absolute atomic E-state index is 13.1. The molecule has 1 aromatic carbocycles. The first-order valence-corrected chi connectivity index (χ1v) is 8.80. The molecule has 0 saturated carbocycles. The van der Waals surface area contributed by atoms with Gasteiger partial charge in [-0.2, -0.15) is 0 Å². The lowest BCUT2D eigenvalue weighted by Crippen LogP contribution is -2.53. The van der Waals surface area contributed by atoms with Crippen LogP contribution in [0.4, 0.5) is 4.79 Å². The molecule has 0 unspecified atom stereocenters. The molecule has 1 fully saturated rings. The first kappa shape index (κ1) is 17.5. The Morgan fingerprint density at radius 2 is 1.88 bits per heavy atom. The molecule has 0 aliphatic carbocycles. The number of benzene rings is 1. The van der Waals surface area contributed by atoms with E-state index in [9.17, 15) is 9.59 Å². The van der Waals surface area contributed by atoms with Gasteiger partial charge in [0.1, 0.15) is 0 Å². The number of aromatic nitrogens is 1. The molecule has 1 atom stereocenters. The van der Waals surface area contributed by atoms with Crippen LogP contribution < -0.4 is 0 Å². The zero-order valence-corrected chi connectivity index (χ0v) is 15.0. The van der Waals surface area contributed by atoms with E-state index in [0.717, 1.165) is 22.2 Å². The summed E-state index contributed by atoms with van der Waals surface area (Å²) in [5.41, 5.74) is 2.67. The maximum Gasteiger partial charge on any atom is 0.409 e. The summed E-state index contributed by atoms with van der Waals surface area (Å²) in [4.78, 5) is 32.0. The zero-order chi connectivity index (χ0) is 18.0. The topological polar surface area (TPSA) is 65.6 Å². The van der Waals surface area contributed by atoms with Crippen LogP contribution in [0.3, 0.4) is 0 Å². The van der Waals surface area contributed by atoms with E-state index < -0.39 is 0 Å². The van der Waals surface area contributed by atoms with Gasteiger partial charge in [-0.25, -0.2) is 4.79 Å². The van der Waals surface area contributed by atoms with Crippen molar-refractivity contribution in [3.8, 4) is 0 Å². The molecule has 1 aromatic heterocycles. The summed E-state index contributed by atoms with van der Waals surface area (Å²) >= 11 is 0. The van der Waals surface area contributed by atoms with Crippen LogP contribution in [0.1, 0.15) is 29.9 Å². The average molecular weight is 343 g/mol. The number of amides is 1. The summed E-state index contributed by atoms with van der Waals surface area (Å²) < 4.78 is 5.04. The summed E-state index contributed by atoms with van der Waals surface area (Å²) in [7, 11) is 0. The second kappa shape index (κ2) is 7.27. The maximum atomic E-state index is 13.1. The van der Waals surface area contributed by atoms with Gasteiger partial charge in [0.25, 0.3) is 0 Å². The van der Waals surface area contributed by atoms with E-state index in [-0.39, 0.29) is 17.9 Å². The van der Waals surface area contributed by atoms with Gasteiger partial charge in [0.2, 0.25) is 0 Å². The predicted octanol–water partition coefficient (Wildman–Crippen LogP) is 2.82. The summed E-state index contributed by atoms with van der Waals surface area (Å²) in [6, 6.07) is 7.67. The SMILES string of the molecule is CCOC(=O)N1CCN([C@@H](C)C(=O)c2c(C)[nH]c3ccccc23)CC1. The predicted molar refractivity (Wildman–Crippen MR) is 97.0 cm³/mol. The molecule has 1 aliphatic rings. The lowest BCUT2D eigenvalue weighted by molar-refractivity contribution is 0.0605. The number of nitrogens with zero attached hydrogens (tertiary/aromatic N) is 2. The number of rotatable bonds is 4. The van der Waals surface area contributed by atoms with Crippen LogP contribution in [0, 0.1) is 6.92 Å². The van der Waals surface area contributed by atoms with Crippen LogP contribution in [0.25, 0.3) is 10.9 Å². The number of aromatic amines is 1. The van der Waals surface area contributed by atoms with E-state index in [0.29, 0.717) is 32.8 Å². The first-order valence-electron chi connectivity index (χ1n) is 8.80. The van der Waals surface area contributed by atoms with Gasteiger partial charge in [-0.1, -0.05) is 18.2 Å². The first-order chi connectivity index (χ1) is 12.0. The molecule has 134 valence electrons. The smallest absolute Gasteiger partial charge is 0.409 e. The number of piperazine rings is 1. The molecule has 1 aliphatic heterocycles. The number of hydrogen-bond acceptors (Lipinski definition) is 4. The monoisotopic (exact) mass is 343 g/mol. The lowest BCUT2D eigenvalue weighted by Gasteiger charge is -2.36. The van der Waals surface area contributed by atoms with Crippen molar-refractivity contribution in [3.63, 3.8) is 0 Å². The molecule has 2 heterocycles. The zero-order valence-electron chi connectivity index (χ0n) is 15.0. The number of para-hydroxylation sites is 1. The Hall–Kier alpha value is -2.34. The van der Waals surface area contributed by atoms with E-state index in [1.165, 1.54) is 0 Å². The number of carbonyl (C=O) groups excluding carboxylic acids is 2. The number of hydrogen-bond donors (Lipinski definition) is 1. The standard InChI is InChI=1S/C19H25N3O3/c1-4-25-19(24)22-11-9-21(10-12-22)14(3)18(23)17-13(2)20-16-8-6-5-7-15(16)17/h5-8,14,20H,4,9-12H2,1-3H3/t14-/m0/s1. The molecule has 1 amide bonds. The fourth-order valence-corrected chi connectivity index (χ4v) is 3.48. The second-order valence-electron chi connectivity index (χ2n) is 6.43. The van der Waals surface area contributed by atoms with Crippen molar-refractivity contribution in [1.82, 2.24) is 14.8 Å². The number of nitrogens with one attached hydrogen (secondary N) is 1. The van der Waals surface area contributed by atoms with E-state index >= 15 is 0 Å². The van der Waals surface area contributed by atoms with Gasteiger partial charge in [0, 0.05) is 48.3 Å². The third kappa shape index (κ3) is 3.39. The van der Waals surface area contributed by atoms with Gasteiger partial charge in [-0.3, -0.25) is 9.69 Å². The van der Waals surface area contributed by atoms with Crippen molar-refractivity contribution in [2.24, 2.45) is 0 Å². The molecule has 3 rings (SSSR count). The summed E-state index contributed by atoms with van der Waals surface area (Å²) in [5.74, 6) is 0.125. The Balaban J connectivity index is 1.71. The van der Waals surface area contributed by atoms with Crippen molar-refractivity contribution >= 4 is 22.8 Å². The van der Waals surface area contributed by atoms with Crippen molar-refractivity contribution in [2.45, 2.75) is 26.8 Å². The highest BCUT2D eigenvalue weighted by Crippen LogP contribution is 2.24. The molecule has 2 aromatic rings. The number of ether oxygens (including phenoxy) is 1. The molecule has 1 saturated heterocycles. The third-order valence-electron chi connectivity index (χ3n) is 4.91. The van der Waals surface area contributed by atoms with Gasteiger partial charge in [0.15, 0.2) is 5.78 Å². The number of aryl methyl sites for hydroxylation is 1. The van der Waals surface area contributed by atoms with Crippen molar-refractivity contribution in [1.29, 1.82) is 0 Å². The van der Waals surface area contributed by atoms with Crippen LogP contribution in [0.15, 0.2) is 24.3 Å². The molecule has 6 heteroatoms. The molecule has 1 N–H and O–H groups in total. The molecule has 6 nitrogen and oxygen atoms in total. The number of fused-ring (bicyclic) bond motifs is 1. The quantitative estimate of drug-likeness (QED) is 0.867. The van der Waals surface area contributed by atoms with E-state index in [4.69, 9.17) is 4.74 Å². The summed E-state index contributed by atoms with van der Waals surface area (Å²) in [5, 5.41) is 0.974. The number of ketones is 1. The van der Waals surface area contributed by atoms with Gasteiger partial charge in [-0.15, -0.1) is 0 Å². The molecule has 25 heavy (non-hydrogen) atoms. The highest BCUT2D eigenvalue weighted by atomic mass is 16.6. The minimum absolute atomic E-state index is 0.125. The Morgan fingerprint density at radius 1 is 1.20 bits per heavy atom. The third-order valence-corrected chi connectivity index (χ3v) is 4.91. The number of H-pyrrole nitrogens is 1. The number of Topliss-reactive ketones (excluding diaryl/α,β-unsaturated/α-hetero) is 1. The lowest BCUT2D eigenvalue weighted by atomic mass is 10.0. The van der Waals surface area contributed by atoms with Crippen LogP contribution in [-0.2, 0) is 4.74 Å². The number of carbonyl (C=O) groups is 2. The minimum Gasteiger partial charge on any atom is -0.450 e. The van der Waals surface area contributed by atoms with Crippen LogP contribution in [0.5, 0.6) is 0 Å². The van der Waals surface area contributed by atoms with Crippen LogP contribution in [0.2, 0.25) is 0 Å². The summed E-state index contributed by atoms with van der Waals surface area (Å²) in [6.45, 7) is 8.60. The Morgan fingerprint density at radius 3 is 2.56 bits per heavy atom. The van der Waals surface area contributed by atoms with E-state index in [2.05, 4.69) is 9.88 Å². The molecule has 0 bridgehead atoms. The fraction of sp³-hybridized carbons (Fsp3) is 0.474. The molecular formula is C19H25N3O3.